The van der Waals surface area contributed by atoms with E-state index in [-0.39, 0.29) is 27.0 Å². The van der Waals surface area contributed by atoms with Crippen molar-refractivity contribution in [2.75, 3.05) is 16.4 Å². The van der Waals surface area contributed by atoms with Gasteiger partial charge in [0.2, 0.25) is 5.91 Å². The van der Waals surface area contributed by atoms with Gasteiger partial charge in [0.15, 0.2) is 5.82 Å². The molecule has 0 radical (unpaired) electrons. The number of hydrogen-bond acceptors (Lipinski definition) is 3. The van der Waals surface area contributed by atoms with Gasteiger partial charge in [-0.15, -0.1) is 23.2 Å². The summed E-state index contributed by atoms with van der Waals surface area (Å²) >= 11 is 24.8. The fourth-order valence-corrected chi connectivity index (χ4v) is 5.07. The predicted octanol–water partition coefficient (Wildman–Crippen LogP) is 7.08. The summed E-state index contributed by atoms with van der Waals surface area (Å²) in [5.41, 5.74) is 5.25. The van der Waals surface area contributed by atoms with Crippen molar-refractivity contribution in [3.05, 3.63) is 86.7 Å². The molecule has 12 heteroatoms. The summed E-state index contributed by atoms with van der Waals surface area (Å²) in [7, 11) is 0. The van der Waals surface area contributed by atoms with Gasteiger partial charge in [-0.25, -0.2) is 13.2 Å². The van der Waals surface area contributed by atoms with Gasteiger partial charge in [0.1, 0.15) is 21.7 Å². The lowest BCUT2D eigenvalue weighted by Crippen LogP contribution is -2.19. The van der Waals surface area contributed by atoms with Gasteiger partial charge in [-0.2, -0.15) is 0 Å². The van der Waals surface area contributed by atoms with Gasteiger partial charge < -0.3 is 16.4 Å². The van der Waals surface area contributed by atoms with Crippen LogP contribution in [0.5, 0.6) is 0 Å². The standard InChI is InChI=1S/C24H16Cl4F3N3O2/c1-9-12(22(35)34-17-5-4-16(30)21(32)20(17)31)7-11(8-13(9)25)33-23(36)19-18(24(19,27)28)10-2-3-15(29)14(26)6-10/h2-8,18-19H,32H2,1H3,(H,33,36)(H,34,35). The van der Waals surface area contributed by atoms with Crippen LogP contribution < -0.4 is 16.4 Å². The second-order valence-electron chi connectivity index (χ2n) is 8.20. The minimum Gasteiger partial charge on any atom is -0.394 e. The normalized spacial score (nSPS) is 18.0. The Balaban J connectivity index is 1.56. The monoisotopic (exact) mass is 575 g/mol. The lowest BCUT2D eigenvalue weighted by molar-refractivity contribution is -0.117. The molecule has 4 rings (SSSR count). The number of alkyl halides is 2. The molecule has 5 nitrogen and oxygen atoms in total. The molecule has 1 aliphatic rings. The molecule has 0 bridgehead atoms. The van der Waals surface area contributed by atoms with Crippen LogP contribution in [0.3, 0.4) is 0 Å². The van der Waals surface area contributed by atoms with Gasteiger partial charge in [0, 0.05) is 22.2 Å². The topological polar surface area (TPSA) is 84.2 Å². The largest absolute Gasteiger partial charge is 0.394 e. The smallest absolute Gasteiger partial charge is 0.256 e. The Labute approximate surface area is 223 Å². The van der Waals surface area contributed by atoms with Crippen LogP contribution in [0.1, 0.15) is 27.4 Å². The minimum atomic E-state index is -1.47. The third-order valence-electron chi connectivity index (χ3n) is 5.87. The third-order valence-corrected chi connectivity index (χ3v) is 7.49. The average Bonchev–Trinajstić information content (AvgIpc) is 3.40. The van der Waals surface area contributed by atoms with E-state index in [2.05, 4.69) is 10.6 Å². The summed E-state index contributed by atoms with van der Waals surface area (Å²) in [6.45, 7) is 1.55. The Bertz CT molecular complexity index is 1420. The highest BCUT2D eigenvalue weighted by atomic mass is 35.5. The number of nitrogen functional groups attached to an aromatic ring is 1. The second-order valence-corrected chi connectivity index (χ2v) is 10.5. The first-order valence-corrected chi connectivity index (χ1v) is 11.8. The van der Waals surface area contributed by atoms with Gasteiger partial charge in [-0.05, 0) is 54.4 Å². The first-order valence-electron chi connectivity index (χ1n) is 10.3. The van der Waals surface area contributed by atoms with Crippen LogP contribution in [0.15, 0.2) is 42.5 Å². The van der Waals surface area contributed by atoms with E-state index in [4.69, 9.17) is 52.1 Å². The number of benzene rings is 3. The van der Waals surface area contributed by atoms with E-state index >= 15 is 0 Å². The number of halogens is 7. The van der Waals surface area contributed by atoms with Crippen LogP contribution in [-0.4, -0.2) is 16.1 Å². The van der Waals surface area contributed by atoms with E-state index in [1.807, 2.05) is 0 Å². The molecule has 0 aromatic heterocycles. The molecule has 3 aromatic carbocycles. The summed E-state index contributed by atoms with van der Waals surface area (Å²) in [5, 5.41) is 4.93. The van der Waals surface area contributed by atoms with E-state index in [1.165, 1.54) is 24.3 Å². The van der Waals surface area contributed by atoms with Crippen molar-refractivity contribution in [2.45, 2.75) is 17.2 Å². The molecule has 3 aromatic rings. The number of anilines is 3. The Kier molecular flexibility index (Phi) is 7.09. The summed E-state index contributed by atoms with van der Waals surface area (Å²) in [5.74, 6) is -5.63. The zero-order valence-corrected chi connectivity index (χ0v) is 21.3. The van der Waals surface area contributed by atoms with Crippen molar-refractivity contribution in [3.8, 4) is 0 Å². The molecule has 188 valence electrons. The number of nitrogens with two attached hydrogens (primary N) is 1. The van der Waals surface area contributed by atoms with E-state index in [0.29, 0.717) is 11.1 Å². The molecule has 2 unspecified atom stereocenters. The van der Waals surface area contributed by atoms with Crippen molar-refractivity contribution < 1.29 is 22.8 Å². The molecule has 1 aliphatic carbocycles. The van der Waals surface area contributed by atoms with Crippen LogP contribution in [0.25, 0.3) is 0 Å². The predicted molar refractivity (Wildman–Crippen MR) is 136 cm³/mol. The zero-order chi connectivity index (χ0) is 26.5. The highest BCUT2D eigenvalue weighted by Crippen LogP contribution is 2.65. The molecule has 36 heavy (non-hydrogen) atoms. The highest BCUT2D eigenvalue weighted by Gasteiger charge is 2.67. The molecule has 0 saturated heterocycles. The Morgan fingerprint density at radius 3 is 2.28 bits per heavy atom. The van der Waals surface area contributed by atoms with Gasteiger partial charge in [0.05, 0.1) is 16.6 Å². The van der Waals surface area contributed by atoms with Crippen LogP contribution >= 0.6 is 46.4 Å². The maximum absolute atomic E-state index is 14.2. The molecule has 1 fully saturated rings. The van der Waals surface area contributed by atoms with Gasteiger partial charge in [0.25, 0.3) is 5.91 Å². The number of hydrogen-bond donors (Lipinski definition) is 3. The number of carbonyl (C=O) groups excluding carboxylic acids is 2. The zero-order valence-electron chi connectivity index (χ0n) is 18.2. The van der Waals surface area contributed by atoms with Crippen molar-refractivity contribution in [1.29, 1.82) is 0 Å². The minimum absolute atomic E-state index is 0.0146. The molecule has 2 atom stereocenters. The van der Waals surface area contributed by atoms with Gasteiger partial charge >= 0.3 is 0 Å². The van der Waals surface area contributed by atoms with Crippen LogP contribution in [-0.2, 0) is 4.79 Å². The summed E-state index contributed by atoms with van der Waals surface area (Å²) in [6, 6.07) is 8.61. The first kappa shape index (κ1) is 26.4. The van der Waals surface area contributed by atoms with Crippen molar-refractivity contribution in [2.24, 2.45) is 5.92 Å². The maximum Gasteiger partial charge on any atom is 0.256 e. The molecule has 4 N–H and O–H groups in total. The molecule has 2 amide bonds. The number of amides is 2. The maximum atomic E-state index is 14.2. The Hall–Kier alpha value is -2.65. The fourth-order valence-electron chi connectivity index (χ4n) is 3.84. The third kappa shape index (κ3) is 4.83. The number of rotatable bonds is 5. The van der Waals surface area contributed by atoms with Crippen molar-refractivity contribution >= 4 is 75.3 Å². The molecule has 1 saturated carbocycles. The summed E-state index contributed by atoms with van der Waals surface area (Å²) in [4.78, 5) is 25.8. The highest BCUT2D eigenvalue weighted by molar-refractivity contribution is 6.53. The molecular formula is C24H16Cl4F3N3O2. The second kappa shape index (κ2) is 9.67. The van der Waals surface area contributed by atoms with Crippen LogP contribution in [0.2, 0.25) is 10.0 Å². The van der Waals surface area contributed by atoms with Gasteiger partial charge in [-0.1, -0.05) is 29.3 Å². The van der Waals surface area contributed by atoms with Crippen LogP contribution in [0.4, 0.5) is 30.2 Å². The molecule has 0 spiro atoms. The lowest BCUT2D eigenvalue weighted by Gasteiger charge is -2.13. The SMILES string of the molecule is Cc1c(Cl)cc(NC(=O)C2C(c3ccc(F)c(Cl)c3)C2(Cl)Cl)cc1C(=O)Nc1ccc(F)c(N)c1F. The van der Waals surface area contributed by atoms with E-state index in [9.17, 15) is 22.8 Å². The Morgan fingerprint density at radius 1 is 0.944 bits per heavy atom. The molecular weight excluding hydrogens is 561 g/mol. The van der Waals surface area contributed by atoms with E-state index in [0.717, 1.165) is 18.2 Å². The quantitative estimate of drug-likeness (QED) is 0.224. The fraction of sp³-hybridized carbons (Fsp3) is 0.167. The van der Waals surface area contributed by atoms with Gasteiger partial charge in [-0.3, -0.25) is 9.59 Å². The van der Waals surface area contributed by atoms with Crippen molar-refractivity contribution in [3.63, 3.8) is 0 Å². The first-order chi connectivity index (χ1) is 16.8. The average molecular weight is 577 g/mol. The number of nitrogens with one attached hydrogen (secondary N) is 2. The molecule has 0 heterocycles. The van der Waals surface area contributed by atoms with Crippen molar-refractivity contribution in [1.82, 2.24) is 0 Å². The summed E-state index contributed by atoms with van der Waals surface area (Å²) < 4.78 is 39.7. The number of carbonyl (C=O) groups is 2. The van der Waals surface area contributed by atoms with E-state index < -0.39 is 51.1 Å². The summed E-state index contributed by atoms with van der Waals surface area (Å²) in [6.07, 6.45) is 0. The van der Waals surface area contributed by atoms with Crippen LogP contribution in [0, 0.1) is 30.3 Å². The van der Waals surface area contributed by atoms with E-state index in [1.54, 1.807) is 6.92 Å². The Morgan fingerprint density at radius 2 is 1.61 bits per heavy atom. The molecule has 0 aliphatic heterocycles. The lowest BCUT2D eigenvalue weighted by atomic mass is 10.1.